The van der Waals surface area contributed by atoms with Crippen LogP contribution in [0, 0.1) is 5.92 Å². The van der Waals surface area contributed by atoms with Crippen LogP contribution in [0.2, 0.25) is 0 Å². The lowest BCUT2D eigenvalue weighted by molar-refractivity contribution is -0.132. The van der Waals surface area contributed by atoms with E-state index in [0.717, 1.165) is 12.1 Å². The molecule has 1 fully saturated rings. The fourth-order valence-electron chi connectivity index (χ4n) is 4.11. The predicted octanol–water partition coefficient (Wildman–Crippen LogP) is 3.62. The van der Waals surface area contributed by atoms with E-state index in [1.807, 2.05) is 24.3 Å². The van der Waals surface area contributed by atoms with Gasteiger partial charge in [0.2, 0.25) is 11.8 Å². The standard InChI is InChI=1S/C23H26N2O2/c1-15(2)16-7-9-19(10-8-16)25-12-11-21(23(25)27)22(26)24-14-18-13-17-5-3-4-6-20(17)18/h3-10,15,18,21H,11-14H2,1-2H3,(H,24,26)/t18-,21+/m1/s1. The van der Waals surface area contributed by atoms with Crippen molar-refractivity contribution in [3.63, 3.8) is 0 Å². The zero-order chi connectivity index (χ0) is 19.0. The highest BCUT2D eigenvalue weighted by molar-refractivity contribution is 6.09. The highest BCUT2D eigenvalue weighted by atomic mass is 16.2. The first kappa shape index (κ1) is 17.8. The van der Waals surface area contributed by atoms with Crippen molar-refractivity contribution in [2.75, 3.05) is 18.0 Å². The lowest BCUT2D eigenvalue weighted by Crippen LogP contribution is -2.40. The summed E-state index contributed by atoms with van der Waals surface area (Å²) >= 11 is 0. The molecule has 1 aliphatic heterocycles. The number of rotatable bonds is 5. The third-order valence-electron chi connectivity index (χ3n) is 5.88. The van der Waals surface area contributed by atoms with Gasteiger partial charge in [0.05, 0.1) is 0 Å². The summed E-state index contributed by atoms with van der Waals surface area (Å²) in [5.41, 5.74) is 4.82. The summed E-state index contributed by atoms with van der Waals surface area (Å²) < 4.78 is 0. The maximum atomic E-state index is 12.8. The number of benzene rings is 2. The van der Waals surface area contributed by atoms with E-state index in [9.17, 15) is 9.59 Å². The van der Waals surface area contributed by atoms with Crippen molar-refractivity contribution in [3.05, 3.63) is 65.2 Å². The lowest BCUT2D eigenvalue weighted by Gasteiger charge is -2.30. The van der Waals surface area contributed by atoms with Gasteiger partial charge in [0, 0.05) is 24.7 Å². The van der Waals surface area contributed by atoms with E-state index in [0.29, 0.717) is 31.3 Å². The average molecular weight is 362 g/mol. The van der Waals surface area contributed by atoms with Crippen molar-refractivity contribution < 1.29 is 9.59 Å². The molecule has 2 atom stereocenters. The van der Waals surface area contributed by atoms with Gasteiger partial charge in [-0.1, -0.05) is 50.2 Å². The lowest BCUT2D eigenvalue weighted by atomic mass is 9.77. The normalized spacial score (nSPS) is 21.1. The maximum Gasteiger partial charge on any atom is 0.239 e. The Labute approximate surface area is 160 Å². The van der Waals surface area contributed by atoms with Gasteiger partial charge in [-0.25, -0.2) is 0 Å². The van der Waals surface area contributed by atoms with E-state index in [1.54, 1.807) is 4.90 Å². The van der Waals surface area contributed by atoms with Gasteiger partial charge in [-0.3, -0.25) is 9.59 Å². The molecule has 2 amide bonds. The predicted molar refractivity (Wildman–Crippen MR) is 107 cm³/mol. The first-order chi connectivity index (χ1) is 13.0. The van der Waals surface area contributed by atoms with Gasteiger partial charge in [-0.05, 0) is 47.6 Å². The largest absolute Gasteiger partial charge is 0.355 e. The molecule has 140 valence electrons. The third-order valence-corrected chi connectivity index (χ3v) is 5.88. The number of carbonyl (C=O) groups is 2. The topological polar surface area (TPSA) is 49.4 Å². The van der Waals surface area contributed by atoms with Gasteiger partial charge in [0.25, 0.3) is 0 Å². The van der Waals surface area contributed by atoms with Gasteiger partial charge < -0.3 is 10.2 Å². The van der Waals surface area contributed by atoms with Crippen LogP contribution in [-0.4, -0.2) is 24.9 Å². The van der Waals surface area contributed by atoms with Gasteiger partial charge in [0.1, 0.15) is 5.92 Å². The summed E-state index contributed by atoms with van der Waals surface area (Å²) in [6.07, 6.45) is 1.58. The number of carbonyl (C=O) groups excluding carboxylic acids is 2. The number of hydrogen-bond acceptors (Lipinski definition) is 2. The van der Waals surface area contributed by atoms with Crippen LogP contribution in [0.3, 0.4) is 0 Å². The van der Waals surface area contributed by atoms with Crippen LogP contribution in [0.15, 0.2) is 48.5 Å². The highest BCUT2D eigenvalue weighted by Gasteiger charge is 2.38. The van der Waals surface area contributed by atoms with Crippen LogP contribution in [0.1, 0.15) is 48.8 Å². The summed E-state index contributed by atoms with van der Waals surface area (Å²) in [7, 11) is 0. The Morgan fingerprint density at radius 3 is 2.59 bits per heavy atom. The monoisotopic (exact) mass is 362 g/mol. The SMILES string of the molecule is CC(C)c1ccc(N2CC[C@@H](C(=O)NC[C@H]3Cc4ccccc43)C2=O)cc1. The molecule has 2 aromatic rings. The Kier molecular flexibility index (Phi) is 4.73. The fourth-order valence-corrected chi connectivity index (χ4v) is 4.11. The molecule has 1 N–H and O–H groups in total. The number of nitrogens with one attached hydrogen (secondary N) is 1. The van der Waals surface area contributed by atoms with Crippen LogP contribution in [-0.2, 0) is 16.0 Å². The third kappa shape index (κ3) is 3.36. The summed E-state index contributed by atoms with van der Waals surface area (Å²) in [5.74, 6) is 0.0550. The Balaban J connectivity index is 1.35. The van der Waals surface area contributed by atoms with Gasteiger partial charge in [-0.2, -0.15) is 0 Å². The second-order valence-electron chi connectivity index (χ2n) is 7.92. The van der Waals surface area contributed by atoms with Gasteiger partial charge >= 0.3 is 0 Å². The van der Waals surface area contributed by atoms with Crippen molar-refractivity contribution >= 4 is 17.5 Å². The molecular formula is C23H26N2O2. The average Bonchev–Trinajstić information content (AvgIpc) is 3.04. The molecule has 0 spiro atoms. The number of anilines is 1. The Morgan fingerprint density at radius 1 is 1.15 bits per heavy atom. The molecule has 0 unspecified atom stereocenters. The van der Waals surface area contributed by atoms with Crippen LogP contribution in [0.4, 0.5) is 5.69 Å². The van der Waals surface area contributed by atoms with Gasteiger partial charge in [0.15, 0.2) is 0 Å². The Morgan fingerprint density at radius 2 is 1.89 bits per heavy atom. The molecule has 0 saturated carbocycles. The molecule has 27 heavy (non-hydrogen) atoms. The molecule has 1 heterocycles. The van der Waals surface area contributed by atoms with Crippen molar-refractivity contribution in [3.8, 4) is 0 Å². The summed E-state index contributed by atoms with van der Waals surface area (Å²) in [6, 6.07) is 16.4. The minimum atomic E-state index is -0.565. The van der Waals surface area contributed by atoms with E-state index in [-0.39, 0.29) is 11.8 Å². The Hall–Kier alpha value is -2.62. The zero-order valence-corrected chi connectivity index (χ0v) is 15.9. The summed E-state index contributed by atoms with van der Waals surface area (Å²) in [6.45, 7) is 5.51. The molecule has 0 radical (unpaired) electrons. The molecule has 4 heteroatoms. The zero-order valence-electron chi connectivity index (χ0n) is 15.9. The minimum Gasteiger partial charge on any atom is -0.355 e. The van der Waals surface area contributed by atoms with Crippen LogP contribution < -0.4 is 10.2 Å². The van der Waals surface area contributed by atoms with Gasteiger partial charge in [-0.15, -0.1) is 0 Å². The van der Waals surface area contributed by atoms with E-state index in [4.69, 9.17) is 0 Å². The molecule has 2 aliphatic rings. The summed E-state index contributed by atoms with van der Waals surface area (Å²) in [4.78, 5) is 27.1. The van der Waals surface area contributed by atoms with Crippen LogP contribution in [0.25, 0.3) is 0 Å². The van der Waals surface area contributed by atoms with Crippen molar-refractivity contribution in [2.24, 2.45) is 5.92 Å². The molecule has 1 aliphatic carbocycles. The molecule has 0 aromatic heterocycles. The van der Waals surface area contributed by atoms with E-state index >= 15 is 0 Å². The minimum absolute atomic E-state index is 0.0844. The highest BCUT2D eigenvalue weighted by Crippen LogP contribution is 2.34. The second-order valence-corrected chi connectivity index (χ2v) is 7.92. The fraction of sp³-hybridized carbons (Fsp3) is 0.391. The number of fused-ring (bicyclic) bond motifs is 1. The molecular weight excluding hydrogens is 336 g/mol. The Bertz CT molecular complexity index is 857. The first-order valence-corrected chi connectivity index (χ1v) is 9.81. The van der Waals surface area contributed by atoms with Crippen LogP contribution >= 0.6 is 0 Å². The van der Waals surface area contributed by atoms with E-state index in [2.05, 4.69) is 43.4 Å². The molecule has 1 saturated heterocycles. The molecule has 4 rings (SSSR count). The molecule has 0 bridgehead atoms. The quantitative estimate of drug-likeness (QED) is 0.826. The number of nitrogens with zero attached hydrogens (tertiary/aromatic N) is 1. The summed E-state index contributed by atoms with van der Waals surface area (Å²) in [5, 5.41) is 3.01. The van der Waals surface area contributed by atoms with E-state index in [1.165, 1.54) is 16.7 Å². The molecule has 4 nitrogen and oxygen atoms in total. The second kappa shape index (κ2) is 7.18. The van der Waals surface area contributed by atoms with Crippen LogP contribution in [0.5, 0.6) is 0 Å². The number of amides is 2. The van der Waals surface area contributed by atoms with E-state index < -0.39 is 5.92 Å². The maximum absolute atomic E-state index is 12.8. The van der Waals surface area contributed by atoms with Crippen molar-refractivity contribution in [1.29, 1.82) is 0 Å². The van der Waals surface area contributed by atoms with Crippen molar-refractivity contribution in [1.82, 2.24) is 5.32 Å². The molecule has 2 aromatic carbocycles. The smallest absolute Gasteiger partial charge is 0.239 e. The number of hydrogen-bond donors (Lipinski definition) is 1. The van der Waals surface area contributed by atoms with Crippen molar-refractivity contribution in [2.45, 2.75) is 38.5 Å². The first-order valence-electron chi connectivity index (χ1n) is 9.81.